The maximum absolute atomic E-state index is 13.6. The van der Waals surface area contributed by atoms with Crippen LogP contribution in [0.1, 0.15) is 49.4 Å². The molecule has 3 aliphatic rings. The number of rotatable bonds is 9. The standard InChI is InChI=1S/C30H38N6O/c1-4-21(14-20(16-31)18-36-12-5-13-36)22-6-10-28-26(15-22)29(25-9-11-27(25)34-28)30(37)33-23-7-8-24(32-17-23)19-35(2)3/h6-8,10,14-17,27,34H,4-5,9,11-13,18-19,31H2,1-3H3,(H,33,37)/b20-16+,21-14+. The third-order valence-electron chi connectivity index (χ3n) is 7.53. The van der Waals surface area contributed by atoms with Gasteiger partial charge in [0.1, 0.15) is 0 Å². The molecule has 0 radical (unpaired) electrons. The molecule has 4 N–H and O–H groups in total. The molecule has 1 aliphatic carbocycles. The number of hydrogen-bond donors (Lipinski definition) is 3. The maximum atomic E-state index is 13.6. The average Bonchev–Trinajstić information content (AvgIpc) is 2.84. The normalized spacial score (nSPS) is 19.5. The van der Waals surface area contributed by atoms with Gasteiger partial charge >= 0.3 is 0 Å². The van der Waals surface area contributed by atoms with Crippen LogP contribution in [0.25, 0.3) is 11.1 Å². The van der Waals surface area contributed by atoms with Crippen molar-refractivity contribution in [3.05, 3.63) is 76.8 Å². The van der Waals surface area contributed by atoms with Crippen molar-refractivity contribution in [1.29, 1.82) is 0 Å². The van der Waals surface area contributed by atoms with Crippen LogP contribution in [0.2, 0.25) is 0 Å². The molecule has 3 heterocycles. The SMILES string of the molecule is CC/C(=C\C(=C/N)CN1CCC1)c1ccc2c(c1)C(C(=O)Nc1ccc(CN(C)C)nc1)=C1CCC1N2. The first kappa shape index (κ1) is 25.2. The quantitative estimate of drug-likeness (QED) is 0.443. The highest BCUT2D eigenvalue weighted by Gasteiger charge is 2.36. The van der Waals surface area contributed by atoms with Crippen LogP contribution in [0.5, 0.6) is 0 Å². The van der Waals surface area contributed by atoms with E-state index < -0.39 is 0 Å². The number of benzene rings is 1. The number of allylic oxidation sites excluding steroid dienone is 1. The maximum Gasteiger partial charge on any atom is 0.256 e. The number of hydrogen-bond acceptors (Lipinski definition) is 6. The van der Waals surface area contributed by atoms with Crippen LogP contribution in [0, 0.1) is 0 Å². The van der Waals surface area contributed by atoms with Gasteiger partial charge in [-0.1, -0.05) is 19.1 Å². The van der Waals surface area contributed by atoms with Crippen LogP contribution in [0.4, 0.5) is 11.4 Å². The lowest BCUT2D eigenvalue weighted by Crippen LogP contribution is -2.38. The van der Waals surface area contributed by atoms with Gasteiger partial charge in [-0.2, -0.15) is 0 Å². The highest BCUT2D eigenvalue weighted by Crippen LogP contribution is 2.44. The first-order valence-corrected chi connectivity index (χ1v) is 13.3. The van der Waals surface area contributed by atoms with Gasteiger partial charge in [0.25, 0.3) is 5.91 Å². The lowest BCUT2D eigenvalue weighted by atomic mass is 9.76. The molecule has 1 amide bonds. The predicted molar refractivity (Wildman–Crippen MR) is 152 cm³/mol. The summed E-state index contributed by atoms with van der Waals surface area (Å²) in [5.74, 6) is -0.0656. The van der Waals surface area contributed by atoms with E-state index in [2.05, 4.69) is 56.6 Å². The van der Waals surface area contributed by atoms with Gasteiger partial charge in [-0.3, -0.25) is 14.7 Å². The second-order valence-electron chi connectivity index (χ2n) is 10.5. The summed E-state index contributed by atoms with van der Waals surface area (Å²) in [6, 6.07) is 10.6. The van der Waals surface area contributed by atoms with Crippen molar-refractivity contribution in [2.75, 3.05) is 44.4 Å². The summed E-state index contributed by atoms with van der Waals surface area (Å²) in [6.07, 6.45) is 9.83. The summed E-state index contributed by atoms with van der Waals surface area (Å²) in [5, 5.41) is 6.75. The number of pyridine rings is 1. The van der Waals surface area contributed by atoms with E-state index >= 15 is 0 Å². The number of anilines is 2. The van der Waals surface area contributed by atoms with Gasteiger partial charge in [0.2, 0.25) is 0 Å². The third kappa shape index (κ3) is 5.48. The minimum Gasteiger partial charge on any atom is -0.404 e. The monoisotopic (exact) mass is 498 g/mol. The highest BCUT2D eigenvalue weighted by atomic mass is 16.1. The average molecular weight is 499 g/mol. The fourth-order valence-corrected chi connectivity index (χ4v) is 5.26. The molecule has 7 nitrogen and oxygen atoms in total. The van der Waals surface area contributed by atoms with Crippen molar-refractivity contribution in [3.63, 3.8) is 0 Å². The van der Waals surface area contributed by atoms with Crippen LogP contribution in [-0.2, 0) is 11.3 Å². The number of nitrogens with two attached hydrogens (primary N) is 1. The second-order valence-corrected chi connectivity index (χ2v) is 10.5. The lowest BCUT2D eigenvalue weighted by Gasteiger charge is -2.39. The summed E-state index contributed by atoms with van der Waals surface area (Å²) in [7, 11) is 4.03. The molecular formula is C30H38N6O. The molecule has 1 saturated heterocycles. The Balaban J connectivity index is 1.42. The second kappa shape index (κ2) is 10.9. The number of aromatic nitrogens is 1. The Morgan fingerprint density at radius 2 is 2.11 bits per heavy atom. The number of carbonyl (C=O) groups is 1. The van der Waals surface area contributed by atoms with Crippen LogP contribution in [0.3, 0.4) is 0 Å². The highest BCUT2D eigenvalue weighted by molar-refractivity contribution is 6.28. The smallest absolute Gasteiger partial charge is 0.256 e. The molecule has 2 aromatic rings. The van der Waals surface area contributed by atoms with Crippen molar-refractivity contribution in [1.82, 2.24) is 14.8 Å². The molecule has 1 aromatic carbocycles. The fraction of sp³-hybridized carbons (Fsp3) is 0.400. The Labute approximate surface area is 220 Å². The summed E-state index contributed by atoms with van der Waals surface area (Å²) in [6.45, 7) is 6.09. The number of nitrogens with zero attached hydrogens (tertiary/aromatic N) is 3. The van der Waals surface area contributed by atoms with E-state index in [1.807, 2.05) is 26.2 Å². The van der Waals surface area contributed by atoms with Crippen LogP contribution < -0.4 is 16.4 Å². The molecular weight excluding hydrogens is 460 g/mol. The number of fused-ring (bicyclic) bond motifs is 2. The number of amides is 1. The molecule has 1 atom stereocenters. The fourth-order valence-electron chi connectivity index (χ4n) is 5.26. The number of likely N-dealkylation sites (tertiary alicyclic amines) is 1. The zero-order valence-corrected chi connectivity index (χ0v) is 22.2. The zero-order valence-electron chi connectivity index (χ0n) is 22.2. The molecule has 0 spiro atoms. The molecule has 194 valence electrons. The van der Waals surface area contributed by atoms with Crippen molar-refractivity contribution >= 4 is 28.4 Å². The van der Waals surface area contributed by atoms with Crippen molar-refractivity contribution in [3.8, 4) is 0 Å². The lowest BCUT2D eigenvalue weighted by molar-refractivity contribution is -0.111. The van der Waals surface area contributed by atoms with Crippen LogP contribution in [-0.4, -0.2) is 60.5 Å². The Bertz CT molecular complexity index is 1250. The Morgan fingerprint density at radius 3 is 2.70 bits per heavy atom. The van der Waals surface area contributed by atoms with Gasteiger partial charge in [-0.25, -0.2) is 0 Å². The Hall–Kier alpha value is -3.42. The molecule has 0 bridgehead atoms. The van der Waals surface area contributed by atoms with E-state index in [0.29, 0.717) is 5.69 Å². The molecule has 2 fully saturated rings. The van der Waals surface area contributed by atoms with Crippen molar-refractivity contribution in [2.45, 2.75) is 45.2 Å². The van der Waals surface area contributed by atoms with Gasteiger partial charge in [0, 0.05) is 30.4 Å². The minimum atomic E-state index is -0.0656. The number of nitrogens with one attached hydrogen (secondary N) is 2. The first-order valence-electron chi connectivity index (χ1n) is 13.3. The van der Waals surface area contributed by atoms with E-state index in [4.69, 9.17) is 5.73 Å². The summed E-state index contributed by atoms with van der Waals surface area (Å²) >= 11 is 0. The number of carbonyl (C=O) groups excluding carboxylic acids is 1. The molecule has 37 heavy (non-hydrogen) atoms. The zero-order chi connectivity index (χ0) is 25.9. The largest absolute Gasteiger partial charge is 0.404 e. The van der Waals surface area contributed by atoms with Crippen molar-refractivity contribution in [2.24, 2.45) is 5.73 Å². The van der Waals surface area contributed by atoms with Gasteiger partial charge < -0.3 is 21.3 Å². The summed E-state index contributed by atoms with van der Waals surface area (Å²) in [4.78, 5) is 22.6. The Morgan fingerprint density at radius 1 is 1.27 bits per heavy atom. The minimum absolute atomic E-state index is 0.0656. The third-order valence-corrected chi connectivity index (χ3v) is 7.53. The summed E-state index contributed by atoms with van der Waals surface area (Å²) < 4.78 is 0. The van der Waals surface area contributed by atoms with Gasteiger partial charge in [-0.05, 0) is 106 Å². The van der Waals surface area contributed by atoms with Crippen LogP contribution in [0.15, 0.2) is 60.0 Å². The molecule has 2 aliphatic heterocycles. The molecule has 1 aromatic heterocycles. The van der Waals surface area contributed by atoms with Gasteiger partial charge in [0.15, 0.2) is 0 Å². The molecule has 1 saturated carbocycles. The van der Waals surface area contributed by atoms with Gasteiger partial charge in [0.05, 0.1) is 23.2 Å². The van der Waals surface area contributed by atoms with Crippen molar-refractivity contribution < 1.29 is 4.79 Å². The summed E-state index contributed by atoms with van der Waals surface area (Å²) in [5.41, 5.74) is 15.1. The predicted octanol–water partition coefficient (Wildman–Crippen LogP) is 4.47. The van der Waals surface area contributed by atoms with E-state index in [1.54, 1.807) is 12.4 Å². The molecule has 5 rings (SSSR count). The van der Waals surface area contributed by atoms with E-state index in [0.717, 1.165) is 79.1 Å². The van der Waals surface area contributed by atoms with Gasteiger partial charge in [-0.15, -0.1) is 0 Å². The topological polar surface area (TPSA) is 86.5 Å². The van der Waals surface area contributed by atoms with E-state index in [9.17, 15) is 4.79 Å². The van der Waals surface area contributed by atoms with E-state index in [1.165, 1.54) is 17.6 Å². The molecule has 1 unspecified atom stereocenters. The Kier molecular flexibility index (Phi) is 7.44. The van der Waals surface area contributed by atoms with E-state index in [-0.39, 0.29) is 11.9 Å². The van der Waals surface area contributed by atoms with Crippen LogP contribution >= 0.6 is 0 Å². The molecule has 7 heteroatoms. The first-order chi connectivity index (χ1) is 17.9.